The molecule has 124 valence electrons. The Kier molecular flexibility index (Phi) is 4.77. The first-order valence-electron chi connectivity index (χ1n) is 7.89. The Morgan fingerprint density at radius 1 is 1.17 bits per heavy atom. The summed E-state index contributed by atoms with van der Waals surface area (Å²) in [4.78, 5) is 0. The molecule has 7 heteroatoms. The Bertz CT molecular complexity index is 734. The van der Waals surface area contributed by atoms with Crippen LogP contribution in [0.5, 0.6) is 0 Å². The molecule has 1 aliphatic heterocycles. The summed E-state index contributed by atoms with van der Waals surface area (Å²) in [6.07, 6.45) is 4.32. The third kappa shape index (κ3) is 3.97. The topological polar surface area (TPSA) is 68.1 Å². The van der Waals surface area contributed by atoms with Gasteiger partial charge in [-0.3, -0.25) is 0 Å². The number of aryl methyl sites for hydroxylation is 1. The molecule has 0 amide bonds. The number of benzene rings is 1. The van der Waals surface area contributed by atoms with Crippen LogP contribution in [0.25, 0.3) is 0 Å². The van der Waals surface area contributed by atoms with E-state index in [1.807, 2.05) is 41.9 Å². The Morgan fingerprint density at radius 2 is 1.87 bits per heavy atom. The van der Waals surface area contributed by atoms with E-state index in [-0.39, 0.29) is 5.75 Å². The zero-order valence-corrected chi connectivity index (χ0v) is 14.1. The minimum absolute atomic E-state index is 0.0851. The molecule has 0 bridgehead atoms. The van der Waals surface area contributed by atoms with Gasteiger partial charge in [0.05, 0.1) is 5.75 Å². The molecule has 23 heavy (non-hydrogen) atoms. The van der Waals surface area contributed by atoms with E-state index in [2.05, 4.69) is 10.2 Å². The molecule has 0 spiro atoms. The first-order valence-corrected chi connectivity index (χ1v) is 9.50. The second kappa shape index (κ2) is 6.80. The van der Waals surface area contributed by atoms with E-state index in [4.69, 9.17) is 0 Å². The third-order valence-corrected chi connectivity index (χ3v) is 6.29. The summed E-state index contributed by atoms with van der Waals surface area (Å²) in [5.41, 5.74) is 0.841. The Hall–Kier alpha value is -1.73. The SMILES string of the molecule is Cn1cnnc1CC1CCN(S(=O)(=O)Cc2ccccc2)CC1. The summed E-state index contributed by atoms with van der Waals surface area (Å²) in [6.45, 7) is 1.19. The molecule has 0 unspecified atom stereocenters. The molecule has 0 saturated carbocycles. The van der Waals surface area contributed by atoms with Crippen LogP contribution in [0.4, 0.5) is 0 Å². The maximum absolute atomic E-state index is 12.5. The quantitative estimate of drug-likeness (QED) is 0.833. The molecule has 6 nitrogen and oxygen atoms in total. The van der Waals surface area contributed by atoms with Crippen LogP contribution >= 0.6 is 0 Å². The van der Waals surface area contributed by atoms with Crippen molar-refractivity contribution in [3.8, 4) is 0 Å². The van der Waals surface area contributed by atoms with E-state index in [0.29, 0.717) is 19.0 Å². The van der Waals surface area contributed by atoms with Crippen LogP contribution in [0.2, 0.25) is 0 Å². The van der Waals surface area contributed by atoms with Gasteiger partial charge in [0.15, 0.2) is 0 Å². The molecule has 1 fully saturated rings. The maximum Gasteiger partial charge on any atom is 0.218 e. The van der Waals surface area contributed by atoms with E-state index in [1.54, 1.807) is 10.6 Å². The van der Waals surface area contributed by atoms with E-state index in [9.17, 15) is 8.42 Å². The Morgan fingerprint density at radius 3 is 2.48 bits per heavy atom. The van der Waals surface area contributed by atoms with Crippen LogP contribution in [0.1, 0.15) is 24.2 Å². The van der Waals surface area contributed by atoms with Gasteiger partial charge in [0.2, 0.25) is 10.0 Å². The largest absolute Gasteiger partial charge is 0.321 e. The van der Waals surface area contributed by atoms with E-state index in [0.717, 1.165) is 30.7 Å². The second-order valence-corrected chi connectivity index (χ2v) is 8.12. The fraction of sp³-hybridized carbons (Fsp3) is 0.500. The predicted octanol–water partition coefficient (Wildman–Crippen LogP) is 1.60. The molecule has 0 aliphatic carbocycles. The van der Waals surface area contributed by atoms with Crippen molar-refractivity contribution in [2.75, 3.05) is 13.1 Å². The number of piperidine rings is 1. The molecule has 1 saturated heterocycles. The van der Waals surface area contributed by atoms with Gasteiger partial charge in [-0.05, 0) is 24.3 Å². The molecule has 2 aromatic rings. The fourth-order valence-electron chi connectivity index (χ4n) is 3.02. The highest BCUT2D eigenvalue weighted by Crippen LogP contribution is 2.24. The van der Waals surface area contributed by atoms with Crippen molar-refractivity contribution < 1.29 is 8.42 Å². The van der Waals surface area contributed by atoms with E-state index >= 15 is 0 Å². The zero-order valence-electron chi connectivity index (χ0n) is 13.3. The fourth-order valence-corrected chi connectivity index (χ4v) is 4.58. The maximum atomic E-state index is 12.5. The van der Waals surface area contributed by atoms with Crippen LogP contribution in [0.15, 0.2) is 36.7 Å². The van der Waals surface area contributed by atoms with Crippen molar-refractivity contribution in [2.45, 2.75) is 25.0 Å². The molecule has 1 aromatic heterocycles. The minimum Gasteiger partial charge on any atom is -0.321 e. The number of aromatic nitrogens is 3. The van der Waals surface area contributed by atoms with Gasteiger partial charge in [0, 0.05) is 26.6 Å². The molecule has 0 radical (unpaired) electrons. The molecule has 1 aromatic carbocycles. The lowest BCUT2D eigenvalue weighted by Gasteiger charge is -2.31. The number of hydrogen-bond acceptors (Lipinski definition) is 4. The second-order valence-electron chi connectivity index (χ2n) is 6.15. The van der Waals surface area contributed by atoms with Gasteiger partial charge in [0.25, 0.3) is 0 Å². The number of nitrogens with zero attached hydrogens (tertiary/aromatic N) is 4. The van der Waals surface area contributed by atoms with E-state index in [1.165, 1.54) is 0 Å². The summed E-state index contributed by atoms with van der Waals surface area (Å²) in [5, 5.41) is 8.01. The number of sulfonamides is 1. The van der Waals surface area contributed by atoms with Crippen LogP contribution in [0.3, 0.4) is 0 Å². The lowest BCUT2D eigenvalue weighted by molar-refractivity contribution is 0.269. The molecule has 0 N–H and O–H groups in total. The third-order valence-electron chi connectivity index (χ3n) is 4.44. The van der Waals surface area contributed by atoms with Gasteiger partial charge in [0.1, 0.15) is 12.2 Å². The van der Waals surface area contributed by atoms with Gasteiger partial charge < -0.3 is 4.57 Å². The molecular weight excluding hydrogens is 312 g/mol. The predicted molar refractivity (Wildman–Crippen MR) is 88.1 cm³/mol. The van der Waals surface area contributed by atoms with Crippen molar-refractivity contribution in [3.05, 3.63) is 48.0 Å². The van der Waals surface area contributed by atoms with Crippen molar-refractivity contribution in [1.82, 2.24) is 19.1 Å². The smallest absolute Gasteiger partial charge is 0.218 e. The average Bonchev–Trinajstić information content (AvgIpc) is 2.93. The first kappa shape index (κ1) is 16.1. The number of rotatable bonds is 5. The summed E-state index contributed by atoms with van der Waals surface area (Å²) in [6, 6.07) is 9.36. The molecule has 1 aliphatic rings. The lowest BCUT2D eigenvalue weighted by atomic mass is 9.94. The van der Waals surface area contributed by atoms with Crippen molar-refractivity contribution >= 4 is 10.0 Å². The molecule has 3 rings (SSSR count). The standard InChI is InChI=1S/C16H22N4O2S/c1-19-13-17-18-16(19)11-14-7-9-20(10-8-14)23(21,22)12-15-5-3-2-4-6-15/h2-6,13-14H,7-12H2,1H3. The van der Waals surface area contributed by atoms with Crippen molar-refractivity contribution in [3.63, 3.8) is 0 Å². The molecular formula is C16H22N4O2S. The van der Waals surface area contributed by atoms with Crippen LogP contribution in [0, 0.1) is 5.92 Å². The summed E-state index contributed by atoms with van der Waals surface area (Å²) < 4.78 is 28.6. The van der Waals surface area contributed by atoms with Crippen molar-refractivity contribution in [2.24, 2.45) is 13.0 Å². The van der Waals surface area contributed by atoms with E-state index < -0.39 is 10.0 Å². The summed E-state index contributed by atoms with van der Waals surface area (Å²) in [5.74, 6) is 1.53. The van der Waals surface area contributed by atoms with Gasteiger partial charge in [-0.25, -0.2) is 12.7 Å². The van der Waals surface area contributed by atoms with Crippen LogP contribution < -0.4 is 0 Å². The molecule has 2 heterocycles. The van der Waals surface area contributed by atoms with Gasteiger partial charge >= 0.3 is 0 Å². The molecule has 0 atom stereocenters. The van der Waals surface area contributed by atoms with Crippen LogP contribution in [-0.4, -0.2) is 40.6 Å². The normalized spacial score (nSPS) is 17.4. The Balaban J connectivity index is 1.57. The highest BCUT2D eigenvalue weighted by molar-refractivity contribution is 7.88. The highest BCUT2D eigenvalue weighted by atomic mass is 32.2. The van der Waals surface area contributed by atoms with Gasteiger partial charge in [-0.15, -0.1) is 10.2 Å². The minimum atomic E-state index is -3.23. The van der Waals surface area contributed by atoms with Crippen LogP contribution in [-0.2, 0) is 29.2 Å². The van der Waals surface area contributed by atoms with Gasteiger partial charge in [-0.2, -0.15) is 0 Å². The Labute approximate surface area is 137 Å². The average molecular weight is 334 g/mol. The monoisotopic (exact) mass is 334 g/mol. The lowest BCUT2D eigenvalue weighted by Crippen LogP contribution is -2.39. The summed E-state index contributed by atoms with van der Waals surface area (Å²) >= 11 is 0. The summed E-state index contributed by atoms with van der Waals surface area (Å²) in [7, 11) is -1.29. The first-order chi connectivity index (χ1) is 11.0. The van der Waals surface area contributed by atoms with Gasteiger partial charge in [-0.1, -0.05) is 30.3 Å². The number of hydrogen-bond donors (Lipinski definition) is 0. The zero-order chi connectivity index (χ0) is 16.3. The highest BCUT2D eigenvalue weighted by Gasteiger charge is 2.28. The van der Waals surface area contributed by atoms with Crippen molar-refractivity contribution in [1.29, 1.82) is 0 Å².